The number of nitrogens with one attached hydrogen (secondary N) is 1. The quantitative estimate of drug-likeness (QED) is 0.414. The summed E-state index contributed by atoms with van der Waals surface area (Å²) in [5, 5.41) is 15.8. The molecule has 0 bridgehead atoms. The van der Waals surface area contributed by atoms with Crippen molar-refractivity contribution < 1.29 is 18.7 Å². The van der Waals surface area contributed by atoms with E-state index in [4.69, 9.17) is 21.1 Å². The summed E-state index contributed by atoms with van der Waals surface area (Å²) in [5.74, 6) is 1.36. The predicted molar refractivity (Wildman–Crippen MR) is 128 cm³/mol. The predicted octanol–water partition coefficient (Wildman–Crippen LogP) is 4.82. The number of ether oxygens (including phenoxy) is 2. The minimum atomic E-state index is -0.305. The third kappa shape index (κ3) is 4.54. The number of amides is 1. The first kappa shape index (κ1) is 22.8. The summed E-state index contributed by atoms with van der Waals surface area (Å²) in [7, 11) is 1.56. The van der Waals surface area contributed by atoms with E-state index in [0.717, 1.165) is 22.4 Å². The zero-order chi connectivity index (χ0) is 24.5. The molecule has 0 aliphatic carbocycles. The van der Waals surface area contributed by atoms with E-state index in [1.54, 1.807) is 36.1 Å². The smallest absolute Gasteiger partial charge is 0.226 e. The number of rotatable bonds is 6. The van der Waals surface area contributed by atoms with Gasteiger partial charge in [0.2, 0.25) is 5.91 Å². The molecule has 0 saturated heterocycles. The molecule has 0 fully saturated rings. The van der Waals surface area contributed by atoms with Gasteiger partial charge in [-0.05, 0) is 54.4 Å². The number of fused-ring (bicyclic) bond motifs is 1. The van der Waals surface area contributed by atoms with Gasteiger partial charge in [0.25, 0.3) is 0 Å². The second-order valence-electron chi connectivity index (χ2n) is 8.10. The molecule has 1 atom stereocenters. The third-order valence-corrected chi connectivity index (χ3v) is 6.04. The van der Waals surface area contributed by atoms with Gasteiger partial charge in [0, 0.05) is 17.9 Å². The summed E-state index contributed by atoms with van der Waals surface area (Å²) in [6.07, 6.45) is 0.246. The largest absolute Gasteiger partial charge is 0.493 e. The molecule has 1 N–H and O–H groups in total. The number of carbonyl (C=O) groups is 1. The van der Waals surface area contributed by atoms with Crippen molar-refractivity contribution in [3.05, 3.63) is 88.0 Å². The Morgan fingerprint density at radius 2 is 1.91 bits per heavy atom. The van der Waals surface area contributed by atoms with Gasteiger partial charge >= 0.3 is 0 Å². The van der Waals surface area contributed by atoms with Crippen LogP contribution in [0.15, 0.2) is 54.6 Å². The average Bonchev–Trinajstić information content (AvgIpc) is 3.19. The number of anilines is 1. The van der Waals surface area contributed by atoms with Crippen LogP contribution < -0.4 is 14.8 Å². The van der Waals surface area contributed by atoms with Crippen LogP contribution in [0.25, 0.3) is 5.82 Å². The highest BCUT2D eigenvalue weighted by atomic mass is 35.5. The zero-order valence-corrected chi connectivity index (χ0v) is 19.7. The van der Waals surface area contributed by atoms with Crippen LogP contribution in [0.3, 0.4) is 0 Å². The van der Waals surface area contributed by atoms with Crippen molar-refractivity contribution in [1.82, 2.24) is 20.0 Å². The average molecular weight is 494 g/mol. The van der Waals surface area contributed by atoms with Gasteiger partial charge < -0.3 is 14.8 Å². The van der Waals surface area contributed by atoms with Crippen LogP contribution in [0, 0.1) is 12.7 Å². The van der Waals surface area contributed by atoms with E-state index in [1.165, 1.54) is 12.1 Å². The van der Waals surface area contributed by atoms with Gasteiger partial charge in [0.05, 0.1) is 12.8 Å². The molecular formula is C25H21ClFN5O3. The number of methoxy groups -OCH3 is 1. The second kappa shape index (κ2) is 9.34. The lowest BCUT2D eigenvalue weighted by Gasteiger charge is -2.25. The number of aryl methyl sites for hydroxylation is 1. The van der Waals surface area contributed by atoms with Crippen LogP contribution in [0.4, 0.5) is 10.2 Å². The summed E-state index contributed by atoms with van der Waals surface area (Å²) in [5.41, 5.74) is 3.34. The molecule has 2 aromatic carbocycles. The maximum Gasteiger partial charge on any atom is 0.226 e. The topological polar surface area (TPSA) is 91.2 Å². The normalized spacial score (nSPS) is 14.9. The van der Waals surface area contributed by atoms with Crippen molar-refractivity contribution >= 4 is 23.3 Å². The van der Waals surface area contributed by atoms with E-state index in [2.05, 4.69) is 20.6 Å². The van der Waals surface area contributed by atoms with E-state index >= 15 is 0 Å². The minimum Gasteiger partial charge on any atom is -0.493 e. The van der Waals surface area contributed by atoms with E-state index in [9.17, 15) is 9.18 Å². The molecule has 0 spiro atoms. The number of hydrogen-bond acceptors (Lipinski definition) is 6. The van der Waals surface area contributed by atoms with Crippen molar-refractivity contribution in [3.63, 3.8) is 0 Å². The van der Waals surface area contributed by atoms with Gasteiger partial charge in [-0.15, -0.1) is 10.2 Å². The molecule has 10 heteroatoms. The van der Waals surface area contributed by atoms with Crippen LogP contribution in [0.5, 0.6) is 11.5 Å². The Balaban J connectivity index is 1.50. The summed E-state index contributed by atoms with van der Waals surface area (Å²) >= 11 is 5.87. The molecule has 1 aliphatic rings. The molecule has 0 radical (unpaired) electrons. The Bertz CT molecular complexity index is 1390. The Hall–Kier alpha value is -3.98. The van der Waals surface area contributed by atoms with Crippen molar-refractivity contribution in [2.24, 2.45) is 0 Å². The number of carbonyl (C=O) groups excluding carboxylic acids is 1. The fraction of sp³-hybridized carbons (Fsp3) is 0.200. The maximum absolute atomic E-state index is 13.2. The molecule has 0 saturated carbocycles. The summed E-state index contributed by atoms with van der Waals surface area (Å²) < 4.78 is 26.3. The lowest BCUT2D eigenvalue weighted by atomic mass is 9.85. The standard InChI is InChI=1S/C25H21ClFN5O3/c1-14-24-18(12-23(33)28-25(24)32(31-14)22-10-9-21(26)29-30-22)16-5-8-19(34-2)20(11-16)35-13-15-3-6-17(27)7-4-15/h3-11,18H,12-13H2,1-2H3,(H,28,33). The molecule has 2 aromatic heterocycles. The first-order valence-electron chi connectivity index (χ1n) is 10.9. The van der Waals surface area contributed by atoms with Crippen LogP contribution in [-0.4, -0.2) is 33.0 Å². The van der Waals surface area contributed by atoms with Crippen molar-refractivity contribution in [1.29, 1.82) is 0 Å². The Morgan fingerprint density at radius 3 is 2.63 bits per heavy atom. The fourth-order valence-electron chi connectivity index (χ4n) is 4.18. The van der Waals surface area contributed by atoms with Crippen LogP contribution in [-0.2, 0) is 11.4 Å². The maximum atomic E-state index is 13.2. The molecule has 4 aromatic rings. The van der Waals surface area contributed by atoms with Crippen molar-refractivity contribution in [2.45, 2.75) is 25.9 Å². The van der Waals surface area contributed by atoms with E-state index < -0.39 is 0 Å². The molecular weight excluding hydrogens is 473 g/mol. The first-order chi connectivity index (χ1) is 16.9. The van der Waals surface area contributed by atoms with E-state index in [0.29, 0.717) is 23.1 Å². The highest BCUT2D eigenvalue weighted by molar-refractivity contribution is 6.29. The second-order valence-corrected chi connectivity index (χ2v) is 8.49. The third-order valence-electron chi connectivity index (χ3n) is 5.84. The molecule has 1 aliphatic heterocycles. The van der Waals surface area contributed by atoms with Crippen LogP contribution in [0.1, 0.15) is 34.7 Å². The first-order valence-corrected chi connectivity index (χ1v) is 11.2. The molecule has 35 heavy (non-hydrogen) atoms. The van der Waals surface area contributed by atoms with Gasteiger partial charge in [-0.3, -0.25) is 4.79 Å². The van der Waals surface area contributed by atoms with Gasteiger partial charge in [-0.25, -0.2) is 4.39 Å². The highest BCUT2D eigenvalue weighted by Crippen LogP contribution is 2.42. The molecule has 1 unspecified atom stereocenters. The number of aromatic nitrogens is 4. The van der Waals surface area contributed by atoms with Crippen molar-refractivity contribution in [2.75, 3.05) is 12.4 Å². The molecule has 8 nitrogen and oxygen atoms in total. The zero-order valence-electron chi connectivity index (χ0n) is 19.0. The molecule has 3 heterocycles. The minimum absolute atomic E-state index is 0.143. The SMILES string of the molecule is COc1ccc(C2CC(=O)Nc3c2c(C)nn3-c2ccc(Cl)nn2)cc1OCc1ccc(F)cc1. The lowest BCUT2D eigenvalue weighted by Crippen LogP contribution is -2.25. The van der Waals surface area contributed by atoms with Gasteiger partial charge in [-0.1, -0.05) is 29.8 Å². The monoisotopic (exact) mass is 493 g/mol. The fourth-order valence-corrected chi connectivity index (χ4v) is 4.28. The van der Waals surface area contributed by atoms with Gasteiger partial charge in [-0.2, -0.15) is 9.78 Å². The number of halogens is 2. The molecule has 1 amide bonds. The Labute approximate surface area is 205 Å². The summed E-state index contributed by atoms with van der Waals surface area (Å²) in [6, 6.07) is 15.0. The number of hydrogen-bond donors (Lipinski definition) is 1. The van der Waals surface area contributed by atoms with E-state index in [1.807, 2.05) is 25.1 Å². The highest BCUT2D eigenvalue weighted by Gasteiger charge is 2.33. The molecule has 178 valence electrons. The lowest BCUT2D eigenvalue weighted by molar-refractivity contribution is -0.116. The number of benzene rings is 2. The summed E-state index contributed by atoms with van der Waals surface area (Å²) in [4.78, 5) is 12.7. The Morgan fingerprint density at radius 1 is 1.11 bits per heavy atom. The Kier molecular flexibility index (Phi) is 6.08. The van der Waals surface area contributed by atoms with E-state index in [-0.39, 0.29) is 35.8 Å². The van der Waals surface area contributed by atoms with Gasteiger partial charge in [0.1, 0.15) is 18.2 Å². The summed E-state index contributed by atoms with van der Waals surface area (Å²) in [6.45, 7) is 2.13. The molecule has 5 rings (SSSR count). The van der Waals surface area contributed by atoms with Crippen LogP contribution >= 0.6 is 11.6 Å². The van der Waals surface area contributed by atoms with Crippen molar-refractivity contribution in [3.8, 4) is 17.3 Å². The van der Waals surface area contributed by atoms with Gasteiger partial charge in [0.15, 0.2) is 22.5 Å². The number of nitrogens with zero attached hydrogens (tertiary/aromatic N) is 4. The van der Waals surface area contributed by atoms with Crippen LogP contribution in [0.2, 0.25) is 5.15 Å².